The first kappa shape index (κ1) is 14.8. The normalized spacial score (nSPS) is 16.9. The van der Waals surface area contributed by atoms with E-state index in [2.05, 4.69) is 0 Å². The van der Waals surface area contributed by atoms with Crippen LogP contribution in [0.5, 0.6) is 17.2 Å². The Balaban J connectivity index is 2.70. The maximum atomic E-state index is 11.7. The minimum Gasteiger partial charge on any atom is -0.507 e. The molecule has 5 nitrogen and oxygen atoms in total. The number of aliphatic carboxylic acids is 1. The Bertz CT molecular complexity index is 535. The lowest BCUT2D eigenvalue weighted by Crippen LogP contribution is -2.33. The average Bonchev–Trinajstić information content (AvgIpc) is 2.88. The van der Waals surface area contributed by atoms with Gasteiger partial charge in [-0.1, -0.05) is 24.4 Å². The predicted octanol–water partition coefficient (Wildman–Crippen LogP) is 2.96. The van der Waals surface area contributed by atoms with Crippen molar-refractivity contribution < 1.29 is 24.5 Å². The van der Waals surface area contributed by atoms with Crippen LogP contribution in [-0.4, -0.2) is 30.4 Å². The van der Waals surface area contributed by atoms with Gasteiger partial charge in [0.1, 0.15) is 5.75 Å². The molecule has 0 bridgehead atoms. The fraction of sp³-hybridized carbons (Fsp3) is 0.500. The summed E-state index contributed by atoms with van der Waals surface area (Å²) in [6, 6.07) is 1.35. The maximum absolute atomic E-state index is 11.7. The number of carboxylic acids is 1. The Hall–Kier alpha value is -1.62. The van der Waals surface area contributed by atoms with Crippen LogP contribution in [0.25, 0.3) is 0 Å². The van der Waals surface area contributed by atoms with Crippen LogP contribution in [-0.2, 0) is 10.2 Å². The minimum atomic E-state index is -1.15. The van der Waals surface area contributed by atoms with Crippen molar-refractivity contribution in [3.63, 3.8) is 0 Å². The highest BCUT2D eigenvalue weighted by Crippen LogP contribution is 2.52. The van der Waals surface area contributed by atoms with E-state index in [0.29, 0.717) is 12.8 Å². The van der Waals surface area contributed by atoms with E-state index in [1.54, 1.807) is 0 Å². The van der Waals surface area contributed by atoms with E-state index in [-0.39, 0.29) is 27.8 Å². The van der Waals surface area contributed by atoms with Gasteiger partial charge in [-0.2, -0.15) is 0 Å². The topological polar surface area (TPSA) is 76.0 Å². The fourth-order valence-electron chi connectivity index (χ4n) is 2.94. The number of aromatic hydroxyl groups is 1. The van der Waals surface area contributed by atoms with Gasteiger partial charge >= 0.3 is 5.97 Å². The molecule has 0 heterocycles. The molecule has 0 spiro atoms. The molecule has 110 valence electrons. The number of ether oxygens (including phenoxy) is 2. The predicted molar refractivity (Wildman–Crippen MR) is 74.0 cm³/mol. The molecule has 1 aliphatic rings. The summed E-state index contributed by atoms with van der Waals surface area (Å²) in [7, 11) is 2.85. The smallest absolute Gasteiger partial charge is 0.314 e. The summed E-state index contributed by atoms with van der Waals surface area (Å²) in [5.41, 5.74) is -0.928. The van der Waals surface area contributed by atoms with Gasteiger partial charge in [-0.3, -0.25) is 4.79 Å². The van der Waals surface area contributed by atoms with Crippen molar-refractivity contribution in [2.75, 3.05) is 14.2 Å². The number of phenols is 1. The van der Waals surface area contributed by atoms with Crippen molar-refractivity contribution >= 4 is 17.6 Å². The van der Waals surface area contributed by atoms with E-state index in [0.717, 1.165) is 12.8 Å². The molecule has 1 aliphatic carbocycles. The molecule has 0 saturated heterocycles. The van der Waals surface area contributed by atoms with Crippen LogP contribution in [0.1, 0.15) is 31.2 Å². The number of halogens is 1. The summed E-state index contributed by atoms with van der Waals surface area (Å²) in [5, 5.41) is 19.9. The zero-order valence-electron chi connectivity index (χ0n) is 11.4. The van der Waals surface area contributed by atoms with Crippen molar-refractivity contribution in [3.8, 4) is 17.2 Å². The van der Waals surface area contributed by atoms with Crippen LogP contribution < -0.4 is 9.47 Å². The second kappa shape index (κ2) is 5.40. The van der Waals surface area contributed by atoms with Crippen molar-refractivity contribution in [1.29, 1.82) is 0 Å². The second-order valence-corrected chi connectivity index (χ2v) is 5.29. The molecule has 0 atom stereocenters. The van der Waals surface area contributed by atoms with E-state index in [1.165, 1.54) is 20.3 Å². The molecule has 1 aromatic carbocycles. The molecule has 2 rings (SSSR count). The van der Waals surface area contributed by atoms with Gasteiger partial charge in [-0.25, -0.2) is 0 Å². The lowest BCUT2D eigenvalue weighted by atomic mass is 9.78. The van der Waals surface area contributed by atoms with Gasteiger partial charge in [-0.05, 0) is 12.8 Å². The Morgan fingerprint density at radius 2 is 1.90 bits per heavy atom. The summed E-state index contributed by atoms with van der Waals surface area (Å²) >= 11 is 6.28. The Labute approximate surface area is 122 Å². The zero-order valence-corrected chi connectivity index (χ0v) is 12.2. The van der Waals surface area contributed by atoms with Crippen LogP contribution in [0.3, 0.4) is 0 Å². The molecule has 1 saturated carbocycles. The van der Waals surface area contributed by atoms with Gasteiger partial charge in [0.2, 0.25) is 0 Å². The molecule has 1 fully saturated rings. The molecule has 0 aliphatic heterocycles. The maximum Gasteiger partial charge on any atom is 0.314 e. The van der Waals surface area contributed by atoms with Crippen LogP contribution in [0.2, 0.25) is 5.02 Å². The first-order chi connectivity index (χ1) is 9.47. The highest BCUT2D eigenvalue weighted by Gasteiger charge is 2.47. The van der Waals surface area contributed by atoms with Crippen LogP contribution in [0.4, 0.5) is 0 Å². The number of carbonyl (C=O) groups is 1. The number of hydrogen-bond acceptors (Lipinski definition) is 4. The van der Waals surface area contributed by atoms with Crippen molar-refractivity contribution in [3.05, 3.63) is 16.7 Å². The van der Waals surface area contributed by atoms with Crippen LogP contribution in [0, 0.1) is 0 Å². The Morgan fingerprint density at radius 1 is 1.30 bits per heavy atom. The highest BCUT2D eigenvalue weighted by molar-refractivity contribution is 6.33. The Kier molecular flexibility index (Phi) is 3.99. The van der Waals surface area contributed by atoms with Crippen LogP contribution >= 0.6 is 11.6 Å². The third-order valence-corrected chi connectivity index (χ3v) is 4.30. The third-order valence-electron chi connectivity index (χ3n) is 3.94. The van der Waals surface area contributed by atoms with Gasteiger partial charge in [0.05, 0.1) is 24.7 Å². The van der Waals surface area contributed by atoms with E-state index < -0.39 is 11.4 Å². The Morgan fingerprint density at radius 3 is 2.35 bits per heavy atom. The molecule has 20 heavy (non-hydrogen) atoms. The minimum absolute atomic E-state index is 0.105. The number of rotatable bonds is 4. The van der Waals surface area contributed by atoms with Crippen molar-refractivity contribution in [2.24, 2.45) is 0 Å². The van der Waals surface area contributed by atoms with Gasteiger partial charge in [-0.15, -0.1) is 0 Å². The molecule has 0 unspecified atom stereocenters. The van der Waals surface area contributed by atoms with Gasteiger partial charge in [0.25, 0.3) is 0 Å². The lowest BCUT2D eigenvalue weighted by Gasteiger charge is -2.27. The molecule has 6 heteroatoms. The third kappa shape index (κ3) is 2.06. The number of phenolic OH excluding ortho intramolecular Hbond substituents is 1. The van der Waals surface area contributed by atoms with Gasteiger partial charge in [0.15, 0.2) is 11.5 Å². The summed E-state index contributed by atoms with van der Waals surface area (Å²) in [5.74, 6) is -0.622. The van der Waals surface area contributed by atoms with Crippen molar-refractivity contribution in [1.82, 2.24) is 0 Å². The average molecular weight is 301 g/mol. The lowest BCUT2D eigenvalue weighted by molar-refractivity contribution is -0.143. The van der Waals surface area contributed by atoms with Gasteiger partial charge in [0, 0.05) is 11.6 Å². The van der Waals surface area contributed by atoms with E-state index in [1.807, 2.05) is 0 Å². The number of hydrogen-bond donors (Lipinski definition) is 2. The second-order valence-electron chi connectivity index (χ2n) is 4.91. The first-order valence-corrected chi connectivity index (χ1v) is 6.73. The van der Waals surface area contributed by atoms with Crippen molar-refractivity contribution in [2.45, 2.75) is 31.1 Å². The largest absolute Gasteiger partial charge is 0.507 e. The first-order valence-electron chi connectivity index (χ1n) is 6.35. The molecule has 2 N–H and O–H groups in total. The molecular formula is C14H17ClO5. The summed E-state index contributed by atoms with van der Waals surface area (Å²) in [4.78, 5) is 11.7. The fourth-order valence-corrected chi connectivity index (χ4v) is 3.39. The molecular weight excluding hydrogens is 284 g/mol. The van der Waals surface area contributed by atoms with E-state index in [4.69, 9.17) is 21.1 Å². The zero-order chi connectivity index (χ0) is 14.9. The standard InChI is InChI=1S/C14H17ClO5/c1-19-9-7-8(16)10(11(15)12(9)20-2)14(13(17)18)5-3-4-6-14/h7,16H,3-6H2,1-2H3,(H,17,18). The highest BCUT2D eigenvalue weighted by atomic mass is 35.5. The molecule has 0 aromatic heterocycles. The summed E-state index contributed by atoms with van der Waals surface area (Å²) < 4.78 is 10.3. The monoisotopic (exact) mass is 300 g/mol. The molecule has 1 aromatic rings. The number of benzene rings is 1. The summed E-state index contributed by atoms with van der Waals surface area (Å²) in [6.07, 6.45) is 2.48. The SMILES string of the molecule is COc1cc(O)c(C2(C(=O)O)CCCC2)c(Cl)c1OC. The summed E-state index contributed by atoms with van der Waals surface area (Å²) in [6.45, 7) is 0. The molecule has 0 radical (unpaired) electrons. The van der Waals surface area contributed by atoms with E-state index >= 15 is 0 Å². The van der Waals surface area contributed by atoms with Crippen LogP contribution in [0.15, 0.2) is 6.07 Å². The number of methoxy groups -OCH3 is 2. The molecule has 0 amide bonds. The van der Waals surface area contributed by atoms with Gasteiger partial charge < -0.3 is 19.7 Å². The van der Waals surface area contributed by atoms with E-state index in [9.17, 15) is 15.0 Å². The number of carboxylic acid groups (broad SMARTS) is 1. The quantitative estimate of drug-likeness (QED) is 0.894.